The van der Waals surface area contributed by atoms with Crippen LogP contribution in [0.3, 0.4) is 0 Å². The maximum Gasteiger partial charge on any atom is 0.239 e. The van der Waals surface area contributed by atoms with Gasteiger partial charge in [-0.3, -0.25) is 9.59 Å². The Bertz CT molecular complexity index is 794. The van der Waals surface area contributed by atoms with Gasteiger partial charge in [-0.2, -0.15) is 0 Å². The first-order chi connectivity index (χ1) is 12.5. The first kappa shape index (κ1) is 18.6. The summed E-state index contributed by atoms with van der Waals surface area (Å²) in [7, 11) is 1.70. The molecule has 0 radical (unpaired) electrons. The van der Waals surface area contributed by atoms with Crippen LogP contribution < -0.4 is 5.32 Å². The number of nitrogens with zero attached hydrogens (tertiary/aromatic N) is 2. The molecule has 0 unspecified atom stereocenters. The molecule has 1 aromatic heterocycles. The zero-order chi connectivity index (χ0) is 18.7. The van der Waals surface area contributed by atoms with Crippen LogP contribution >= 0.6 is 11.3 Å². The fourth-order valence-electron chi connectivity index (χ4n) is 3.35. The van der Waals surface area contributed by atoms with E-state index in [2.05, 4.69) is 23.5 Å². The standard InChI is InChI=1S/C20H25N3O2S/c1-13(2)21-18(24)12-23(3)20(25)15-9-5-4-8-14(15)19-22-16-10-6-7-11-17(16)26-19/h4-7,10-11,13-15H,8-9,12H2,1-3H3,(H,21,24)/t14-,15+/m0/s1. The van der Waals surface area contributed by atoms with E-state index in [1.807, 2.05) is 32.0 Å². The SMILES string of the molecule is CC(C)NC(=O)CN(C)C(=O)[C@@H]1CC=CC[C@@H]1c1nc2ccccc2s1. The quantitative estimate of drug-likeness (QED) is 0.820. The van der Waals surface area contributed by atoms with Crippen molar-refractivity contribution in [2.24, 2.45) is 5.92 Å². The number of aromatic nitrogens is 1. The van der Waals surface area contributed by atoms with E-state index in [1.54, 1.807) is 23.3 Å². The number of carbonyl (C=O) groups is 2. The van der Waals surface area contributed by atoms with Crippen molar-refractivity contribution in [1.82, 2.24) is 15.2 Å². The van der Waals surface area contributed by atoms with Gasteiger partial charge in [0.15, 0.2) is 0 Å². The molecule has 2 atom stereocenters. The van der Waals surface area contributed by atoms with E-state index in [-0.39, 0.29) is 36.2 Å². The van der Waals surface area contributed by atoms with Gasteiger partial charge in [0.05, 0.1) is 27.7 Å². The van der Waals surface area contributed by atoms with E-state index in [1.165, 1.54) is 0 Å². The molecule has 2 amide bonds. The highest BCUT2D eigenvalue weighted by molar-refractivity contribution is 7.18. The summed E-state index contributed by atoms with van der Waals surface area (Å²) in [5.41, 5.74) is 0.984. The molecule has 0 bridgehead atoms. The first-order valence-electron chi connectivity index (χ1n) is 9.00. The van der Waals surface area contributed by atoms with E-state index in [4.69, 9.17) is 4.98 Å². The van der Waals surface area contributed by atoms with Crippen LogP contribution in [0, 0.1) is 5.92 Å². The lowest BCUT2D eigenvalue weighted by atomic mass is 9.82. The Labute approximate surface area is 158 Å². The average Bonchev–Trinajstić information content (AvgIpc) is 3.04. The summed E-state index contributed by atoms with van der Waals surface area (Å²) in [6.45, 7) is 3.91. The normalized spacial score (nSPS) is 19.7. The summed E-state index contributed by atoms with van der Waals surface area (Å²) in [4.78, 5) is 31.3. The van der Waals surface area contributed by atoms with Gasteiger partial charge < -0.3 is 10.2 Å². The minimum absolute atomic E-state index is 0.0116. The van der Waals surface area contributed by atoms with Crippen molar-refractivity contribution in [3.05, 3.63) is 41.4 Å². The van der Waals surface area contributed by atoms with Crippen molar-refractivity contribution in [1.29, 1.82) is 0 Å². The molecule has 0 spiro atoms. The largest absolute Gasteiger partial charge is 0.352 e. The first-order valence-corrected chi connectivity index (χ1v) is 9.82. The highest BCUT2D eigenvalue weighted by atomic mass is 32.1. The predicted octanol–water partition coefficient (Wildman–Crippen LogP) is 3.33. The summed E-state index contributed by atoms with van der Waals surface area (Å²) >= 11 is 1.66. The number of likely N-dealkylation sites (N-methyl/N-ethyl adjacent to an activating group) is 1. The van der Waals surface area contributed by atoms with Crippen molar-refractivity contribution >= 4 is 33.4 Å². The van der Waals surface area contributed by atoms with Crippen LogP contribution in [0.25, 0.3) is 10.2 Å². The molecule has 1 aromatic carbocycles. The second-order valence-electron chi connectivity index (χ2n) is 7.09. The molecule has 0 saturated carbocycles. The summed E-state index contributed by atoms with van der Waals surface area (Å²) in [6.07, 6.45) is 5.69. The van der Waals surface area contributed by atoms with E-state index in [9.17, 15) is 9.59 Å². The van der Waals surface area contributed by atoms with Gasteiger partial charge in [0.25, 0.3) is 0 Å². The molecule has 26 heavy (non-hydrogen) atoms. The number of amides is 2. The van der Waals surface area contributed by atoms with Crippen molar-refractivity contribution in [3.8, 4) is 0 Å². The lowest BCUT2D eigenvalue weighted by Gasteiger charge is -2.29. The molecule has 6 heteroatoms. The van der Waals surface area contributed by atoms with Gasteiger partial charge in [-0.05, 0) is 38.8 Å². The third kappa shape index (κ3) is 4.12. The Kier molecular flexibility index (Phi) is 5.71. The smallest absolute Gasteiger partial charge is 0.239 e. The molecule has 1 aliphatic carbocycles. The van der Waals surface area contributed by atoms with Crippen LogP contribution in [0.5, 0.6) is 0 Å². The number of hydrogen-bond donors (Lipinski definition) is 1. The van der Waals surface area contributed by atoms with E-state index >= 15 is 0 Å². The number of nitrogens with one attached hydrogen (secondary N) is 1. The van der Waals surface area contributed by atoms with Crippen LogP contribution in [-0.2, 0) is 9.59 Å². The monoisotopic (exact) mass is 371 g/mol. The van der Waals surface area contributed by atoms with Crippen LogP contribution in [0.15, 0.2) is 36.4 Å². The molecule has 138 valence electrons. The Balaban J connectivity index is 1.77. The Morgan fingerprint density at radius 1 is 1.27 bits per heavy atom. The summed E-state index contributed by atoms with van der Waals surface area (Å²) in [5, 5.41) is 3.84. The molecule has 0 saturated heterocycles. The topological polar surface area (TPSA) is 62.3 Å². The van der Waals surface area contributed by atoms with Crippen LogP contribution in [0.2, 0.25) is 0 Å². The molecule has 0 aliphatic heterocycles. The Hall–Kier alpha value is -2.21. The third-order valence-electron chi connectivity index (χ3n) is 4.58. The number of para-hydroxylation sites is 1. The summed E-state index contributed by atoms with van der Waals surface area (Å²) in [6, 6.07) is 8.13. The zero-order valence-electron chi connectivity index (χ0n) is 15.4. The number of thiazole rings is 1. The molecule has 2 aromatic rings. The molecule has 1 N–H and O–H groups in total. The molecule has 1 aliphatic rings. The number of fused-ring (bicyclic) bond motifs is 1. The fraction of sp³-hybridized carbons (Fsp3) is 0.450. The number of allylic oxidation sites excluding steroid dienone is 2. The van der Waals surface area contributed by atoms with Gasteiger partial charge in [0.2, 0.25) is 11.8 Å². The van der Waals surface area contributed by atoms with Gasteiger partial charge in [-0.1, -0.05) is 24.3 Å². The van der Waals surface area contributed by atoms with Gasteiger partial charge in [0.1, 0.15) is 0 Å². The molecule has 1 heterocycles. The molecular weight excluding hydrogens is 346 g/mol. The van der Waals surface area contributed by atoms with Crippen molar-refractivity contribution in [2.75, 3.05) is 13.6 Å². The van der Waals surface area contributed by atoms with E-state index in [0.29, 0.717) is 6.42 Å². The minimum Gasteiger partial charge on any atom is -0.352 e. The van der Waals surface area contributed by atoms with Gasteiger partial charge in [0, 0.05) is 19.0 Å². The van der Waals surface area contributed by atoms with Crippen molar-refractivity contribution in [3.63, 3.8) is 0 Å². The summed E-state index contributed by atoms with van der Waals surface area (Å²) < 4.78 is 1.15. The Morgan fingerprint density at radius 3 is 2.73 bits per heavy atom. The van der Waals surface area contributed by atoms with Gasteiger partial charge in [-0.15, -0.1) is 11.3 Å². The highest BCUT2D eigenvalue weighted by Gasteiger charge is 2.34. The molecular formula is C20H25N3O2S. The number of rotatable bonds is 5. The second-order valence-corrected chi connectivity index (χ2v) is 8.15. The van der Waals surface area contributed by atoms with Crippen LogP contribution in [0.4, 0.5) is 0 Å². The van der Waals surface area contributed by atoms with E-state index in [0.717, 1.165) is 21.6 Å². The minimum atomic E-state index is -0.169. The van der Waals surface area contributed by atoms with Crippen LogP contribution in [-0.4, -0.2) is 41.3 Å². The predicted molar refractivity (Wildman–Crippen MR) is 105 cm³/mol. The lowest BCUT2D eigenvalue weighted by Crippen LogP contribution is -2.44. The second kappa shape index (κ2) is 7.99. The maximum absolute atomic E-state index is 13.0. The lowest BCUT2D eigenvalue weighted by molar-refractivity contribution is -0.138. The number of hydrogen-bond acceptors (Lipinski definition) is 4. The van der Waals surface area contributed by atoms with Crippen molar-refractivity contribution < 1.29 is 9.59 Å². The Morgan fingerprint density at radius 2 is 2.00 bits per heavy atom. The average molecular weight is 372 g/mol. The number of carbonyl (C=O) groups excluding carboxylic acids is 2. The van der Waals surface area contributed by atoms with Gasteiger partial charge in [-0.25, -0.2) is 4.98 Å². The maximum atomic E-state index is 13.0. The summed E-state index contributed by atoms with van der Waals surface area (Å²) in [5.74, 6) is -0.214. The molecule has 5 nitrogen and oxygen atoms in total. The zero-order valence-corrected chi connectivity index (χ0v) is 16.3. The molecule has 3 rings (SSSR count). The van der Waals surface area contributed by atoms with Crippen molar-refractivity contribution in [2.45, 2.75) is 38.6 Å². The van der Waals surface area contributed by atoms with E-state index < -0.39 is 0 Å². The highest BCUT2D eigenvalue weighted by Crippen LogP contribution is 2.39. The molecule has 0 fully saturated rings. The fourth-order valence-corrected chi connectivity index (χ4v) is 4.50. The number of benzene rings is 1. The van der Waals surface area contributed by atoms with Crippen LogP contribution in [0.1, 0.15) is 37.6 Å². The van der Waals surface area contributed by atoms with Gasteiger partial charge >= 0.3 is 0 Å². The third-order valence-corrected chi connectivity index (χ3v) is 5.75.